The summed E-state index contributed by atoms with van der Waals surface area (Å²) in [7, 11) is -3.11. The van der Waals surface area contributed by atoms with E-state index in [-0.39, 0.29) is 5.25 Å². The van der Waals surface area contributed by atoms with Crippen molar-refractivity contribution in [3.63, 3.8) is 0 Å². The monoisotopic (exact) mass is 300 g/mol. The van der Waals surface area contributed by atoms with E-state index in [0.717, 1.165) is 25.9 Å². The van der Waals surface area contributed by atoms with Gasteiger partial charge in [-0.3, -0.25) is 0 Å². The number of hydrogen-bond acceptors (Lipinski definition) is 3. The molecule has 0 aromatic rings. The molecule has 5 heteroatoms. The van der Waals surface area contributed by atoms with Crippen molar-refractivity contribution in [3.8, 4) is 0 Å². The van der Waals surface area contributed by atoms with Gasteiger partial charge in [-0.15, -0.1) is 0 Å². The van der Waals surface area contributed by atoms with Crippen LogP contribution in [0.15, 0.2) is 0 Å². The molecule has 4 nitrogen and oxygen atoms in total. The van der Waals surface area contributed by atoms with Crippen LogP contribution in [0.3, 0.4) is 0 Å². The van der Waals surface area contributed by atoms with Gasteiger partial charge in [-0.1, -0.05) is 12.8 Å². The number of nitrogens with one attached hydrogen (secondary N) is 1. The van der Waals surface area contributed by atoms with Gasteiger partial charge in [0, 0.05) is 25.7 Å². The molecule has 2 saturated carbocycles. The molecule has 1 saturated heterocycles. The minimum absolute atomic E-state index is 0.291. The Morgan fingerprint density at radius 2 is 1.75 bits per heavy atom. The van der Waals surface area contributed by atoms with E-state index >= 15 is 0 Å². The highest BCUT2D eigenvalue weighted by molar-refractivity contribution is 7.89. The Hall–Kier alpha value is -0.130. The van der Waals surface area contributed by atoms with Crippen LogP contribution in [0.25, 0.3) is 0 Å². The Balaban J connectivity index is 1.54. The topological polar surface area (TPSA) is 49.4 Å². The third kappa shape index (κ3) is 3.04. The number of nitrogens with zero attached hydrogens (tertiary/aromatic N) is 1. The zero-order valence-corrected chi connectivity index (χ0v) is 13.4. The molecule has 1 atom stereocenters. The summed E-state index contributed by atoms with van der Waals surface area (Å²) in [4.78, 5) is 0. The van der Waals surface area contributed by atoms with Gasteiger partial charge in [0.25, 0.3) is 0 Å². The Morgan fingerprint density at radius 3 is 2.30 bits per heavy atom. The van der Waals surface area contributed by atoms with Gasteiger partial charge in [-0.2, -0.15) is 0 Å². The van der Waals surface area contributed by atoms with E-state index in [4.69, 9.17) is 0 Å². The lowest BCUT2D eigenvalue weighted by Gasteiger charge is -2.39. The summed E-state index contributed by atoms with van der Waals surface area (Å²) in [5.74, 6) is 0. The lowest BCUT2D eigenvalue weighted by atomic mass is 9.78. The molecule has 0 amide bonds. The highest BCUT2D eigenvalue weighted by Gasteiger charge is 2.41. The summed E-state index contributed by atoms with van der Waals surface area (Å²) in [6, 6.07) is 0.579. The zero-order valence-electron chi connectivity index (χ0n) is 12.6. The maximum atomic E-state index is 12.6. The fourth-order valence-corrected chi connectivity index (χ4v) is 5.33. The number of piperidine rings is 1. The molecule has 116 valence electrons. The number of rotatable bonds is 5. The predicted molar refractivity (Wildman–Crippen MR) is 81.1 cm³/mol. The largest absolute Gasteiger partial charge is 0.313 e. The van der Waals surface area contributed by atoms with Crippen LogP contribution in [0.1, 0.15) is 58.3 Å². The SMILES string of the molecule is CC(CNC1CC1)S(=O)(=O)N1CCC2(CCCC2)CC1. The maximum absolute atomic E-state index is 12.6. The first-order valence-corrected chi connectivity index (χ1v) is 9.75. The first-order valence-electron chi connectivity index (χ1n) is 8.24. The molecule has 3 aliphatic rings. The highest BCUT2D eigenvalue weighted by Crippen LogP contribution is 2.46. The number of hydrogen-bond donors (Lipinski definition) is 1. The molecule has 1 unspecified atom stereocenters. The Morgan fingerprint density at radius 1 is 1.15 bits per heavy atom. The quantitative estimate of drug-likeness (QED) is 0.846. The van der Waals surface area contributed by atoms with Crippen molar-refractivity contribution in [1.29, 1.82) is 0 Å². The molecule has 20 heavy (non-hydrogen) atoms. The van der Waals surface area contributed by atoms with E-state index < -0.39 is 10.0 Å². The van der Waals surface area contributed by atoms with E-state index in [0.29, 0.717) is 18.0 Å². The van der Waals surface area contributed by atoms with Crippen LogP contribution in [0.2, 0.25) is 0 Å². The van der Waals surface area contributed by atoms with Gasteiger partial charge in [0.05, 0.1) is 5.25 Å². The second-order valence-electron chi connectivity index (χ2n) is 7.14. The molecule has 1 aliphatic heterocycles. The zero-order chi connectivity index (χ0) is 14.2. The van der Waals surface area contributed by atoms with E-state index in [1.54, 1.807) is 4.31 Å². The molecule has 1 heterocycles. The Bertz CT molecular complexity index is 429. The lowest BCUT2D eigenvalue weighted by Crippen LogP contribution is -2.47. The van der Waals surface area contributed by atoms with Gasteiger partial charge in [0.15, 0.2) is 0 Å². The summed E-state index contributed by atoms with van der Waals surface area (Å²) in [5, 5.41) is 3.05. The van der Waals surface area contributed by atoms with E-state index in [2.05, 4.69) is 5.32 Å². The van der Waals surface area contributed by atoms with Crippen LogP contribution in [0.5, 0.6) is 0 Å². The van der Waals surface area contributed by atoms with E-state index in [1.807, 2.05) is 6.92 Å². The van der Waals surface area contributed by atoms with Crippen molar-refractivity contribution in [2.75, 3.05) is 19.6 Å². The maximum Gasteiger partial charge on any atom is 0.217 e. The smallest absolute Gasteiger partial charge is 0.217 e. The third-order valence-corrected chi connectivity index (χ3v) is 7.86. The third-order valence-electron chi connectivity index (χ3n) is 5.59. The molecule has 3 rings (SSSR count). The summed E-state index contributed by atoms with van der Waals surface area (Å²) in [6.45, 7) is 3.95. The minimum Gasteiger partial charge on any atom is -0.313 e. The van der Waals surface area contributed by atoms with Crippen LogP contribution >= 0.6 is 0 Å². The summed E-state index contributed by atoms with van der Waals surface area (Å²) in [5.41, 5.74) is 0.488. The van der Waals surface area contributed by atoms with Gasteiger partial charge in [0.2, 0.25) is 10.0 Å². The average molecular weight is 300 g/mol. The molecule has 1 N–H and O–H groups in total. The highest BCUT2D eigenvalue weighted by atomic mass is 32.2. The van der Waals surface area contributed by atoms with Crippen molar-refractivity contribution in [2.45, 2.75) is 69.6 Å². The molecule has 3 fully saturated rings. The van der Waals surface area contributed by atoms with E-state index in [9.17, 15) is 8.42 Å². The first-order chi connectivity index (χ1) is 9.52. The fraction of sp³-hybridized carbons (Fsp3) is 1.00. The van der Waals surface area contributed by atoms with Crippen LogP contribution < -0.4 is 5.32 Å². The van der Waals surface area contributed by atoms with Crippen LogP contribution in [-0.2, 0) is 10.0 Å². The minimum atomic E-state index is -3.11. The fourth-order valence-electron chi connectivity index (χ4n) is 3.82. The molecular weight excluding hydrogens is 272 g/mol. The number of sulfonamides is 1. The van der Waals surface area contributed by atoms with Gasteiger partial charge in [-0.05, 0) is 50.9 Å². The second kappa shape index (κ2) is 5.58. The Labute approximate surface area is 123 Å². The van der Waals surface area contributed by atoms with Crippen LogP contribution in [0.4, 0.5) is 0 Å². The van der Waals surface area contributed by atoms with Crippen molar-refractivity contribution < 1.29 is 8.42 Å². The van der Waals surface area contributed by atoms with Crippen molar-refractivity contribution >= 4 is 10.0 Å². The Kier molecular flexibility index (Phi) is 4.13. The molecule has 0 radical (unpaired) electrons. The van der Waals surface area contributed by atoms with Gasteiger partial charge in [-0.25, -0.2) is 12.7 Å². The summed E-state index contributed by atoms with van der Waals surface area (Å²) >= 11 is 0. The van der Waals surface area contributed by atoms with Gasteiger partial charge >= 0.3 is 0 Å². The lowest BCUT2D eigenvalue weighted by molar-refractivity contribution is 0.159. The van der Waals surface area contributed by atoms with Crippen molar-refractivity contribution in [1.82, 2.24) is 9.62 Å². The van der Waals surface area contributed by atoms with Crippen LogP contribution in [-0.4, -0.2) is 43.6 Å². The standard InChI is InChI=1S/C15H28N2O2S/c1-13(12-16-14-4-5-14)20(18,19)17-10-8-15(9-11-17)6-2-3-7-15/h13-14,16H,2-12H2,1H3. The molecule has 0 aromatic heterocycles. The summed E-state index contributed by atoms with van der Waals surface area (Å²) in [6.07, 6.45) is 9.89. The molecule has 1 spiro atoms. The van der Waals surface area contributed by atoms with E-state index in [1.165, 1.54) is 38.5 Å². The molecule has 0 aromatic carbocycles. The molecule has 2 aliphatic carbocycles. The molecule has 0 bridgehead atoms. The average Bonchev–Trinajstić information content (AvgIpc) is 3.17. The van der Waals surface area contributed by atoms with Gasteiger partial charge in [0.1, 0.15) is 0 Å². The normalized spacial score (nSPS) is 28.9. The van der Waals surface area contributed by atoms with Gasteiger partial charge < -0.3 is 5.32 Å². The summed E-state index contributed by atoms with van der Waals surface area (Å²) < 4.78 is 27.0. The second-order valence-corrected chi connectivity index (χ2v) is 9.50. The van der Waals surface area contributed by atoms with Crippen molar-refractivity contribution in [2.24, 2.45) is 5.41 Å². The predicted octanol–water partition coefficient (Wildman–Crippen LogP) is 2.11. The first kappa shape index (κ1) is 14.8. The molecular formula is C15H28N2O2S. The van der Waals surface area contributed by atoms with Crippen molar-refractivity contribution in [3.05, 3.63) is 0 Å². The van der Waals surface area contributed by atoms with Crippen LogP contribution in [0, 0.1) is 5.41 Å².